The number of likely N-dealkylation sites (N-methyl/N-ethyl adjacent to an activating group) is 1. The van der Waals surface area contributed by atoms with Crippen LogP contribution in [0.5, 0.6) is 0 Å². The molecule has 1 fully saturated rings. The lowest BCUT2D eigenvalue weighted by molar-refractivity contribution is -0.167. The third-order valence-electron chi connectivity index (χ3n) is 5.96. The van der Waals surface area contributed by atoms with E-state index in [1.165, 1.54) is 0 Å². The predicted octanol–water partition coefficient (Wildman–Crippen LogP) is 4.41. The lowest BCUT2D eigenvalue weighted by Crippen LogP contribution is -2.42. The molecule has 0 radical (unpaired) electrons. The number of alkyl halides is 3. The summed E-state index contributed by atoms with van der Waals surface area (Å²) in [6, 6.07) is 5.33. The first-order chi connectivity index (χ1) is 14.6. The van der Waals surface area contributed by atoms with Crippen molar-refractivity contribution in [2.24, 2.45) is 0 Å². The van der Waals surface area contributed by atoms with Gasteiger partial charge in [0.25, 0.3) is 0 Å². The number of nitrogens with one attached hydrogen (secondary N) is 1. The number of carbonyl (C=O) groups excluding carboxylic acids is 2. The average molecular weight is 438 g/mol. The molecule has 1 N–H and O–H groups in total. The fourth-order valence-corrected chi connectivity index (χ4v) is 4.30. The minimum Gasteiger partial charge on any atom is -0.342 e. The van der Waals surface area contributed by atoms with Crippen molar-refractivity contribution in [1.82, 2.24) is 9.80 Å². The first-order valence-corrected chi connectivity index (χ1v) is 10.8. The van der Waals surface area contributed by atoms with Gasteiger partial charge in [0.1, 0.15) is 0 Å². The molecule has 0 bridgehead atoms. The number of amides is 2. The quantitative estimate of drug-likeness (QED) is 0.742. The van der Waals surface area contributed by atoms with Crippen LogP contribution in [0.2, 0.25) is 0 Å². The van der Waals surface area contributed by atoms with Gasteiger partial charge in [-0.1, -0.05) is 12.1 Å². The topological polar surface area (TPSA) is 52.7 Å². The summed E-state index contributed by atoms with van der Waals surface area (Å²) in [5, 5.41) is 2.06. The highest BCUT2D eigenvalue weighted by atomic mass is 19.4. The molecule has 1 aromatic carbocycles. The van der Waals surface area contributed by atoms with Crippen LogP contribution in [0.4, 0.5) is 18.9 Å². The number of halogens is 3. The van der Waals surface area contributed by atoms with E-state index in [0.717, 1.165) is 49.7 Å². The third kappa shape index (κ3) is 6.09. The normalized spacial score (nSPS) is 18.1. The van der Waals surface area contributed by atoms with Gasteiger partial charge in [-0.2, -0.15) is 13.2 Å². The zero-order valence-electron chi connectivity index (χ0n) is 18.1. The first kappa shape index (κ1) is 23.3. The summed E-state index contributed by atoms with van der Waals surface area (Å²) in [4.78, 5) is 27.5. The summed E-state index contributed by atoms with van der Waals surface area (Å²) >= 11 is 0. The van der Waals surface area contributed by atoms with Crippen LogP contribution in [-0.4, -0.2) is 61.5 Å². The molecule has 0 spiro atoms. The standard InChI is InChI=1S/C23H30F3N3O2/c1-28(2)15-21(30)29-12-10-16(11-13-29)18-8-9-20(27-22(31)23(24,25)26)19(14-18)17-6-4-3-5-7-17/h6,8-9,14,16H,3-5,7,10-13,15H2,1-2H3,(H,27,31). The molecule has 31 heavy (non-hydrogen) atoms. The van der Waals surface area contributed by atoms with Gasteiger partial charge in [0.05, 0.1) is 6.54 Å². The van der Waals surface area contributed by atoms with Crippen LogP contribution in [0, 0.1) is 0 Å². The third-order valence-corrected chi connectivity index (χ3v) is 5.96. The number of anilines is 1. The summed E-state index contributed by atoms with van der Waals surface area (Å²) in [7, 11) is 3.73. The van der Waals surface area contributed by atoms with Gasteiger partial charge >= 0.3 is 12.1 Å². The molecular formula is C23H30F3N3O2. The lowest BCUT2D eigenvalue weighted by Gasteiger charge is -2.33. The van der Waals surface area contributed by atoms with E-state index in [1.54, 1.807) is 12.1 Å². The molecule has 1 aliphatic carbocycles. The molecule has 3 rings (SSSR count). The second-order valence-corrected chi connectivity index (χ2v) is 8.62. The van der Waals surface area contributed by atoms with Gasteiger partial charge in [-0.05, 0) is 81.8 Å². The molecule has 0 unspecified atom stereocenters. The smallest absolute Gasteiger partial charge is 0.342 e. The zero-order valence-corrected chi connectivity index (χ0v) is 18.1. The van der Waals surface area contributed by atoms with Crippen LogP contribution in [0.15, 0.2) is 24.3 Å². The van der Waals surface area contributed by atoms with Crippen molar-refractivity contribution in [2.75, 3.05) is 39.0 Å². The molecule has 8 heteroatoms. The van der Waals surface area contributed by atoms with E-state index in [9.17, 15) is 22.8 Å². The Morgan fingerprint density at radius 3 is 2.45 bits per heavy atom. The maximum absolute atomic E-state index is 12.8. The largest absolute Gasteiger partial charge is 0.471 e. The minimum atomic E-state index is -4.93. The number of hydrogen-bond donors (Lipinski definition) is 1. The van der Waals surface area contributed by atoms with Gasteiger partial charge in [-0.3, -0.25) is 9.59 Å². The number of likely N-dealkylation sites (tertiary alicyclic amines) is 1. The minimum absolute atomic E-state index is 0.113. The highest BCUT2D eigenvalue weighted by Gasteiger charge is 2.39. The van der Waals surface area contributed by atoms with Crippen molar-refractivity contribution in [3.8, 4) is 0 Å². The average Bonchev–Trinajstić information content (AvgIpc) is 2.73. The summed E-state index contributed by atoms with van der Waals surface area (Å²) in [6.45, 7) is 1.72. The van der Waals surface area contributed by atoms with Crippen molar-refractivity contribution in [3.63, 3.8) is 0 Å². The molecule has 0 aromatic heterocycles. The second-order valence-electron chi connectivity index (χ2n) is 8.62. The Bertz CT molecular complexity index is 841. The first-order valence-electron chi connectivity index (χ1n) is 10.8. The van der Waals surface area contributed by atoms with Crippen LogP contribution < -0.4 is 5.32 Å². The molecule has 1 aliphatic heterocycles. The van der Waals surface area contributed by atoms with E-state index in [-0.39, 0.29) is 17.5 Å². The lowest BCUT2D eigenvalue weighted by atomic mass is 9.85. The Hall–Kier alpha value is -2.35. The Morgan fingerprint density at radius 2 is 1.87 bits per heavy atom. The summed E-state index contributed by atoms with van der Waals surface area (Å²) < 4.78 is 38.4. The summed E-state index contributed by atoms with van der Waals surface area (Å²) in [5.74, 6) is -1.61. The van der Waals surface area contributed by atoms with Crippen LogP contribution in [0.3, 0.4) is 0 Å². The zero-order chi connectivity index (χ0) is 22.6. The highest BCUT2D eigenvalue weighted by molar-refractivity contribution is 5.97. The number of hydrogen-bond acceptors (Lipinski definition) is 3. The number of piperidine rings is 1. The molecule has 1 aromatic rings. The van der Waals surface area contributed by atoms with Gasteiger partial charge in [0.2, 0.25) is 5.91 Å². The van der Waals surface area contributed by atoms with Gasteiger partial charge in [-0.25, -0.2) is 0 Å². The maximum atomic E-state index is 12.8. The highest BCUT2D eigenvalue weighted by Crippen LogP contribution is 2.37. The molecule has 2 aliphatic rings. The molecule has 170 valence electrons. The number of nitrogens with zero attached hydrogens (tertiary/aromatic N) is 2. The molecule has 0 atom stereocenters. The van der Waals surface area contributed by atoms with Crippen LogP contribution in [-0.2, 0) is 9.59 Å². The number of benzene rings is 1. The molecule has 5 nitrogen and oxygen atoms in total. The van der Waals surface area contributed by atoms with E-state index >= 15 is 0 Å². The Labute approximate surface area is 181 Å². The van der Waals surface area contributed by atoms with E-state index < -0.39 is 12.1 Å². The maximum Gasteiger partial charge on any atom is 0.471 e. The van der Waals surface area contributed by atoms with Gasteiger partial charge in [0.15, 0.2) is 0 Å². The van der Waals surface area contributed by atoms with Crippen molar-refractivity contribution in [1.29, 1.82) is 0 Å². The van der Waals surface area contributed by atoms with Gasteiger partial charge < -0.3 is 15.1 Å². The second kappa shape index (κ2) is 9.85. The monoisotopic (exact) mass is 437 g/mol. The van der Waals surface area contributed by atoms with E-state index in [0.29, 0.717) is 25.2 Å². The fraction of sp³-hybridized carbons (Fsp3) is 0.565. The van der Waals surface area contributed by atoms with Crippen molar-refractivity contribution < 1.29 is 22.8 Å². The Kier molecular flexibility index (Phi) is 7.41. The van der Waals surface area contributed by atoms with Crippen molar-refractivity contribution >= 4 is 23.1 Å². The summed E-state index contributed by atoms with van der Waals surface area (Å²) in [5.41, 5.74) is 2.93. The number of carbonyl (C=O) groups is 2. The molecule has 0 saturated carbocycles. The number of allylic oxidation sites excluding steroid dienone is 2. The Balaban J connectivity index is 1.79. The van der Waals surface area contributed by atoms with Crippen LogP contribution >= 0.6 is 0 Å². The van der Waals surface area contributed by atoms with Crippen molar-refractivity contribution in [2.45, 2.75) is 50.6 Å². The predicted molar refractivity (Wildman–Crippen MR) is 115 cm³/mol. The van der Waals surface area contributed by atoms with Crippen LogP contribution in [0.25, 0.3) is 5.57 Å². The summed E-state index contributed by atoms with van der Waals surface area (Å²) in [6.07, 6.45) is 2.48. The van der Waals surface area contributed by atoms with Gasteiger partial charge in [0, 0.05) is 24.3 Å². The number of rotatable bonds is 5. The van der Waals surface area contributed by atoms with E-state index in [4.69, 9.17) is 0 Å². The Morgan fingerprint density at radius 1 is 1.16 bits per heavy atom. The van der Waals surface area contributed by atoms with E-state index in [2.05, 4.69) is 11.4 Å². The molecular weight excluding hydrogens is 407 g/mol. The van der Waals surface area contributed by atoms with Crippen LogP contribution in [0.1, 0.15) is 55.6 Å². The molecule has 1 heterocycles. The van der Waals surface area contributed by atoms with Crippen molar-refractivity contribution in [3.05, 3.63) is 35.4 Å². The molecule has 1 saturated heterocycles. The molecule has 2 amide bonds. The van der Waals surface area contributed by atoms with E-state index in [1.807, 2.05) is 30.0 Å². The van der Waals surface area contributed by atoms with Gasteiger partial charge in [-0.15, -0.1) is 0 Å². The fourth-order valence-electron chi connectivity index (χ4n) is 4.30. The SMILES string of the molecule is CN(C)CC(=O)N1CCC(c2ccc(NC(=O)C(F)(F)F)c(C3=CCCCC3)c2)CC1.